The van der Waals surface area contributed by atoms with Crippen molar-refractivity contribution in [2.24, 2.45) is 5.73 Å². The molecule has 0 aromatic heterocycles. The molecule has 0 radical (unpaired) electrons. The molecule has 0 saturated heterocycles. The number of carboxylic acids is 1. The third-order valence-corrected chi connectivity index (χ3v) is 2.83. The maximum Gasteiger partial charge on any atom is 0.320 e. The van der Waals surface area contributed by atoms with Gasteiger partial charge in [0.2, 0.25) is 5.79 Å². The predicted molar refractivity (Wildman–Crippen MR) is 66.1 cm³/mol. The van der Waals surface area contributed by atoms with E-state index in [0.717, 1.165) is 0 Å². The highest BCUT2D eigenvalue weighted by molar-refractivity contribution is 6.32. The first-order chi connectivity index (χ1) is 8.28. The Bertz CT molecular complexity index is 501. The van der Waals surface area contributed by atoms with Gasteiger partial charge in [0, 0.05) is 13.8 Å². The van der Waals surface area contributed by atoms with Crippen molar-refractivity contribution in [3.8, 4) is 11.5 Å². The van der Waals surface area contributed by atoms with Crippen LogP contribution in [-0.4, -0.2) is 22.9 Å². The molecule has 1 unspecified atom stereocenters. The first-order valence-corrected chi connectivity index (χ1v) is 5.85. The fraction of sp³-hybridized carbons (Fsp3) is 0.417. The van der Waals surface area contributed by atoms with Crippen molar-refractivity contribution in [1.29, 1.82) is 0 Å². The van der Waals surface area contributed by atoms with Gasteiger partial charge in [0.05, 0.1) is 5.02 Å². The lowest BCUT2D eigenvalue weighted by Gasteiger charge is -2.16. The molecule has 1 aromatic rings. The van der Waals surface area contributed by atoms with Gasteiger partial charge in [-0.3, -0.25) is 4.79 Å². The topological polar surface area (TPSA) is 81.8 Å². The molecule has 1 aliphatic heterocycles. The maximum atomic E-state index is 10.7. The number of aliphatic carboxylic acids is 1. The number of ether oxygens (including phenoxy) is 2. The zero-order valence-electron chi connectivity index (χ0n) is 10.1. The monoisotopic (exact) mass is 271 g/mol. The largest absolute Gasteiger partial charge is 0.480 e. The number of hydrogen-bond acceptors (Lipinski definition) is 4. The van der Waals surface area contributed by atoms with Crippen LogP contribution in [0.2, 0.25) is 5.02 Å². The van der Waals surface area contributed by atoms with Crippen molar-refractivity contribution < 1.29 is 19.4 Å². The number of benzene rings is 1. The third kappa shape index (κ3) is 2.52. The van der Waals surface area contributed by atoms with Crippen LogP contribution in [0.5, 0.6) is 11.5 Å². The van der Waals surface area contributed by atoms with Crippen molar-refractivity contribution in [2.75, 3.05) is 0 Å². The fourth-order valence-corrected chi connectivity index (χ4v) is 2.06. The first-order valence-electron chi connectivity index (χ1n) is 5.47. The lowest BCUT2D eigenvalue weighted by molar-refractivity contribution is -0.138. The van der Waals surface area contributed by atoms with Crippen LogP contribution in [0.1, 0.15) is 19.4 Å². The number of carbonyl (C=O) groups is 1. The van der Waals surface area contributed by atoms with E-state index in [4.69, 9.17) is 31.9 Å². The Labute approximate surface area is 109 Å². The summed E-state index contributed by atoms with van der Waals surface area (Å²) in [6.45, 7) is 3.54. The van der Waals surface area contributed by atoms with E-state index >= 15 is 0 Å². The molecule has 1 aromatic carbocycles. The van der Waals surface area contributed by atoms with Gasteiger partial charge in [-0.25, -0.2) is 0 Å². The molecule has 1 atom stereocenters. The third-order valence-electron chi connectivity index (χ3n) is 2.55. The quantitative estimate of drug-likeness (QED) is 0.876. The fourth-order valence-electron chi connectivity index (χ4n) is 1.79. The summed E-state index contributed by atoms with van der Waals surface area (Å²) in [5.41, 5.74) is 6.19. The Morgan fingerprint density at radius 3 is 2.78 bits per heavy atom. The number of nitrogens with two attached hydrogens (primary N) is 1. The van der Waals surface area contributed by atoms with Gasteiger partial charge >= 0.3 is 5.97 Å². The van der Waals surface area contributed by atoms with Crippen LogP contribution in [0.25, 0.3) is 0 Å². The lowest BCUT2D eigenvalue weighted by Crippen LogP contribution is -2.32. The van der Waals surface area contributed by atoms with Gasteiger partial charge in [0.1, 0.15) is 6.04 Å². The zero-order chi connectivity index (χ0) is 13.5. The predicted octanol–water partition coefficient (Wildman–Crippen LogP) is 1.80. The van der Waals surface area contributed by atoms with Gasteiger partial charge in [-0.05, 0) is 24.1 Å². The number of rotatable bonds is 3. The molecular weight excluding hydrogens is 258 g/mol. The zero-order valence-corrected chi connectivity index (χ0v) is 10.8. The van der Waals surface area contributed by atoms with Gasteiger partial charge in [-0.1, -0.05) is 11.6 Å². The molecule has 0 fully saturated rings. The number of hydrogen-bond donors (Lipinski definition) is 2. The summed E-state index contributed by atoms with van der Waals surface area (Å²) in [5.74, 6) is -0.821. The molecule has 2 rings (SSSR count). The van der Waals surface area contributed by atoms with E-state index in [1.54, 1.807) is 26.0 Å². The minimum absolute atomic E-state index is 0.187. The molecule has 1 heterocycles. The molecule has 0 spiro atoms. The molecule has 3 N–H and O–H groups in total. The van der Waals surface area contributed by atoms with Crippen LogP contribution >= 0.6 is 11.6 Å². The van der Waals surface area contributed by atoms with Crippen LogP contribution in [0.3, 0.4) is 0 Å². The molecule has 18 heavy (non-hydrogen) atoms. The van der Waals surface area contributed by atoms with Crippen molar-refractivity contribution in [3.05, 3.63) is 22.7 Å². The van der Waals surface area contributed by atoms with E-state index in [-0.39, 0.29) is 6.42 Å². The molecular formula is C12H14ClNO4. The van der Waals surface area contributed by atoms with E-state index in [1.807, 2.05) is 0 Å². The minimum atomic E-state index is -1.05. The summed E-state index contributed by atoms with van der Waals surface area (Å²) in [4.78, 5) is 10.7. The van der Waals surface area contributed by atoms with E-state index in [1.165, 1.54) is 0 Å². The van der Waals surface area contributed by atoms with Gasteiger partial charge in [-0.2, -0.15) is 0 Å². The molecule has 0 aliphatic carbocycles. The van der Waals surface area contributed by atoms with Crippen LogP contribution in [0.15, 0.2) is 12.1 Å². The first kappa shape index (κ1) is 13.0. The lowest BCUT2D eigenvalue weighted by atomic mass is 10.1. The van der Waals surface area contributed by atoms with Gasteiger partial charge in [-0.15, -0.1) is 0 Å². The van der Waals surface area contributed by atoms with Crippen LogP contribution in [0.4, 0.5) is 0 Å². The van der Waals surface area contributed by atoms with Crippen molar-refractivity contribution in [1.82, 2.24) is 0 Å². The van der Waals surface area contributed by atoms with Crippen molar-refractivity contribution >= 4 is 17.6 Å². The molecule has 0 bridgehead atoms. The van der Waals surface area contributed by atoms with E-state index in [0.29, 0.717) is 22.1 Å². The highest BCUT2D eigenvalue weighted by Crippen LogP contribution is 2.45. The molecule has 1 aliphatic rings. The Hall–Kier alpha value is -1.46. The minimum Gasteiger partial charge on any atom is -0.480 e. The normalized spacial score (nSPS) is 17.6. The highest BCUT2D eigenvalue weighted by Gasteiger charge is 2.33. The van der Waals surface area contributed by atoms with Crippen LogP contribution in [0, 0.1) is 0 Å². The summed E-state index contributed by atoms with van der Waals surface area (Å²) < 4.78 is 11.1. The van der Waals surface area contributed by atoms with Crippen molar-refractivity contribution in [3.63, 3.8) is 0 Å². The second kappa shape index (κ2) is 4.33. The van der Waals surface area contributed by atoms with E-state index in [9.17, 15) is 4.79 Å². The van der Waals surface area contributed by atoms with Gasteiger partial charge in [0.25, 0.3) is 0 Å². The standard InChI is InChI=1S/C12H14ClNO4/c1-12(2)17-9-5-6(4-8(14)11(15)16)3-7(13)10(9)18-12/h3,5,8H,4,14H2,1-2H3,(H,15,16). The molecule has 5 nitrogen and oxygen atoms in total. The number of carboxylic acid groups (broad SMARTS) is 1. The van der Waals surface area contributed by atoms with Crippen molar-refractivity contribution in [2.45, 2.75) is 32.1 Å². The summed E-state index contributed by atoms with van der Waals surface area (Å²) in [6, 6.07) is 2.39. The maximum absolute atomic E-state index is 10.7. The summed E-state index contributed by atoms with van der Waals surface area (Å²) in [6.07, 6.45) is 0.187. The Balaban J connectivity index is 2.27. The highest BCUT2D eigenvalue weighted by atomic mass is 35.5. The SMILES string of the molecule is CC1(C)Oc2cc(CC(N)C(=O)O)cc(Cl)c2O1. The summed E-state index contributed by atoms with van der Waals surface area (Å²) >= 11 is 6.07. The number of halogens is 1. The molecule has 0 amide bonds. The Morgan fingerprint density at radius 1 is 1.50 bits per heavy atom. The van der Waals surface area contributed by atoms with Gasteiger partial charge < -0.3 is 20.3 Å². The van der Waals surface area contributed by atoms with E-state index in [2.05, 4.69) is 0 Å². The summed E-state index contributed by atoms with van der Waals surface area (Å²) in [5, 5.41) is 9.17. The Morgan fingerprint density at radius 2 is 2.17 bits per heavy atom. The molecule has 98 valence electrons. The van der Waals surface area contributed by atoms with Crippen LogP contribution < -0.4 is 15.2 Å². The second-order valence-corrected chi connectivity index (χ2v) is 5.06. The van der Waals surface area contributed by atoms with Crippen LogP contribution in [-0.2, 0) is 11.2 Å². The second-order valence-electron chi connectivity index (χ2n) is 4.66. The average molecular weight is 272 g/mol. The smallest absolute Gasteiger partial charge is 0.320 e. The van der Waals surface area contributed by atoms with Gasteiger partial charge in [0.15, 0.2) is 11.5 Å². The number of fused-ring (bicyclic) bond motifs is 1. The van der Waals surface area contributed by atoms with E-state index < -0.39 is 17.8 Å². The molecule has 0 saturated carbocycles. The summed E-state index contributed by atoms with van der Waals surface area (Å²) in [7, 11) is 0. The molecule has 6 heteroatoms. The average Bonchev–Trinajstić information content (AvgIpc) is 2.53. The Kier molecular flexibility index (Phi) is 3.12.